The van der Waals surface area contributed by atoms with Gasteiger partial charge in [0.2, 0.25) is 0 Å². The SMILES string of the molecule is COc1ccccc1-c1nn(-c2ccc(C#N)cc2)c2c1CCN2. The van der Waals surface area contributed by atoms with E-state index in [1.807, 2.05) is 41.1 Å². The lowest BCUT2D eigenvalue weighted by Gasteiger charge is -2.07. The molecule has 4 rings (SSSR count). The summed E-state index contributed by atoms with van der Waals surface area (Å²) < 4.78 is 7.41. The van der Waals surface area contributed by atoms with E-state index in [2.05, 4.69) is 11.4 Å². The van der Waals surface area contributed by atoms with Gasteiger partial charge in [-0.1, -0.05) is 12.1 Å². The Morgan fingerprint density at radius 3 is 2.71 bits per heavy atom. The summed E-state index contributed by atoms with van der Waals surface area (Å²) in [7, 11) is 1.68. The fraction of sp³-hybridized carbons (Fsp3) is 0.158. The fourth-order valence-electron chi connectivity index (χ4n) is 3.10. The maximum atomic E-state index is 8.97. The largest absolute Gasteiger partial charge is 0.496 e. The highest BCUT2D eigenvalue weighted by Gasteiger charge is 2.25. The summed E-state index contributed by atoms with van der Waals surface area (Å²) in [6.07, 6.45) is 0.930. The van der Waals surface area contributed by atoms with Crippen LogP contribution in [-0.2, 0) is 6.42 Å². The lowest BCUT2D eigenvalue weighted by molar-refractivity contribution is 0.416. The number of anilines is 1. The molecule has 0 bridgehead atoms. The maximum absolute atomic E-state index is 8.97. The molecule has 0 saturated carbocycles. The van der Waals surface area contributed by atoms with Crippen LogP contribution in [-0.4, -0.2) is 23.4 Å². The summed E-state index contributed by atoms with van der Waals surface area (Å²) in [5, 5.41) is 17.2. The Morgan fingerprint density at radius 1 is 1.17 bits per heavy atom. The third-order valence-corrected chi connectivity index (χ3v) is 4.25. The highest BCUT2D eigenvalue weighted by atomic mass is 16.5. The molecule has 2 heterocycles. The quantitative estimate of drug-likeness (QED) is 0.804. The van der Waals surface area contributed by atoms with Gasteiger partial charge in [0.15, 0.2) is 0 Å². The van der Waals surface area contributed by atoms with Gasteiger partial charge in [0.25, 0.3) is 0 Å². The van der Waals surface area contributed by atoms with E-state index in [0.29, 0.717) is 5.56 Å². The summed E-state index contributed by atoms with van der Waals surface area (Å²) >= 11 is 0. The van der Waals surface area contributed by atoms with Gasteiger partial charge in [-0.3, -0.25) is 0 Å². The Bertz CT molecular complexity index is 935. The van der Waals surface area contributed by atoms with Crippen molar-refractivity contribution in [3.63, 3.8) is 0 Å². The zero-order valence-electron chi connectivity index (χ0n) is 13.3. The highest BCUT2D eigenvalue weighted by Crippen LogP contribution is 2.38. The predicted octanol–water partition coefficient (Wildman–Crippen LogP) is 3.39. The molecule has 0 spiro atoms. The zero-order chi connectivity index (χ0) is 16.5. The van der Waals surface area contributed by atoms with E-state index in [4.69, 9.17) is 15.1 Å². The van der Waals surface area contributed by atoms with Gasteiger partial charge in [-0.05, 0) is 42.8 Å². The number of nitrogens with one attached hydrogen (secondary N) is 1. The molecule has 24 heavy (non-hydrogen) atoms. The van der Waals surface area contributed by atoms with E-state index in [9.17, 15) is 0 Å². The lowest BCUT2D eigenvalue weighted by atomic mass is 10.1. The van der Waals surface area contributed by atoms with E-state index < -0.39 is 0 Å². The van der Waals surface area contributed by atoms with Crippen molar-refractivity contribution < 1.29 is 4.74 Å². The summed E-state index contributed by atoms with van der Waals surface area (Å²) in [6, 6.07) is 17.5. The predicted molar refractivity (Wildman–Crippen MR) is 92.5 cm³/mol. The molecular weight excluding hydrogens is 300 g/mol. The molecule has 3 aromatic rings. The number of benzene rings is 2. The van der Waals surface area contributed by atoms with Crippen molar-refractivity contribution in [2.24, 2.45) is 0 Å². The Balaban J connectivity index is 1.87. The van der Waals surface area contributed by atoms with Crippen LogP contribution < -0.4 is 10.1 Å². The number of nitrogens with zero attached hydrogens (tertiary/aromatic N) is 3. The molecule has 1 aliphatic rings. The molecule has 0 amide bonds. The number of hydrogen-bond donors (Lipinski definition) is 1. The van der Waals surface area contributed by atoms with Crippen LogP contribution in [0.4, 0.5) is 5.82 Å². The first-order valence-corrected chi connectivity index (χ1v) is 7.81. The van der Waals surface area contributed by atoms with Gasteiger partial charge in [0, 0.05) is 17.7 Å². The standard InChI is InChI=1S/C19H16N4O/c1-24-17-5-3-2-4-15(17)18-16-10-11-21-19(16)23(22-18)14-8-6-13(12-20)7-9-14/h2-9,21H,10-11H2,1H3. The number of rotatable bonds is 3. The fourth-order valence-corrected chi connectivity index (χ4v) is 3.10. The van der Waals surface area contributed by atoms with Gasteiger partial charge >= 0.3 is 0 Å². The maximum Gasteiger partial charge on any atom is 0.133 e. The second kappa shape index (κ2) is 5.74. The van der Waals surface area contributed by atoms with Gasteiger partial charge in [-0.2, -0.15) is 10.4 Å². The number of aromatic nitrogens is 2. The molecular formula is C19H16N4O. The number of fused-ring (bicyclic) bond motifs is 1. The first kappa shape index (κ1) is 14.3. The Kier molecular flexibility index (Phi) is 3.43. The lowest BCUT2D eigenvalue weighted by Crippen LogP contribution is -2.04. The molecule has 0 fully saturated rings. The topological polar surface area (TPSA) is 62.9 Å². The molecule has 1 aromatic heterocycles. The Hall–Kier alpha value is -3.26. The van der Waals surface area contributed by atoms with E-state index in [-0.39, 0.29) is 0 Å². The average Bonchev–Trinajstić information content (AvgIpc) is 3.24. The van der Waals surface area contributed by atoms with Crippen LogP contribution in [0.2, 0.25) is 0 Å². The van der Waals surface area contributed by atoms with Crippen molar-refractivity contribution in [3.8, 4) is 28.8 Å². The van der Waals surface area contributed by atoms with Gasteiger partial charge in [-0.25, -0.2) is 4.68 Å². The summed E-state index contributed by atoms with van der Waals surface area (Å²) in [5.41, 5.74) is 4.70. The Morgan fingerprint density at radius 2 is 1.96 bits per heavy atom. The van der Waals surface area contributed by atoms with Crippen molar-refractivity contribution in [1.29, 1.82) is 5.26 Å². The van der Waals surface area contributed by atoms with E-state index in [0.717, 1.165) is 41.5 Å². The van der Waals surface area contributed by atoms with Crippen LogP contribution in [0.25, 0.3) is 16.9 Å². The highest BCUT2D eigenvalue weighted by molar-refractivity contribution is 5.76. The van der Waals surface area contributed by atoms with Crippen LogP contribution >= 0.6 is 0 Å². The number of ether oxygens (including phenoxy) is 1. The van der Waals surface area contributed by atoms with Crippen LogP contribution in [0.1, 0.15) is 11.1 Å². The molecule has 0 saturated heterocycles. The normalized spacial score (nSPS) is 12.3. The molecule has 0 unspecified atom stereocenters. The van der Waals surface area contributed by atoms with Crippen molar-refractivity contribution in [2.45, 2.75) is 6.42 Å². The molecule has 0 aliphatic carbocycles. The van der Waals surface area contributed by atoms with Crippen LogP contribution in [0.3, 0.4) is 0 Å². The van der Waals surface area contributed by atoms with Gasteiger partial charge < -0.3 is 10.1 Å². The minimum Gasteiger partial charge on any atom is -0.496 e. The second-order valence-electron chi connectivity index (χ2n) is 5.62. The van der Waals surface area contributed by atoms with E-state index >= 15 is 0 Å². The minimum absolute atomic E-state index is 0.639. The molecule has 5 nitrogen and oxygen atoms in total. The van der Waals surface area contributed by atoms with Crippen molar-refractivity contribution in [2.75, 3.05) is 19.0 Å². The number of para-hydroxylation sites is 1. The Labute approximate surface area is 140 Å². The zero-order valence-corrected chi connectivity index (χ0v) is 13.3. The summed E-state index contributed by atoms with van der Waals surface area (Å²) in [6.45, 7) is 0.894. The molecule has 0 radical (unpaired) electrons. The summed E-state index contributed by atoms with van der Waals surface area (Å²) in [4.78, 5) is 0. The monoisotopic (exact) mass is 316 g/mol. The molecule has 1 N–H and O–H groups in total. The van der Waals surface area contributed by atoms with Gasteiger partial charge in [-0.15, -0.1) is 0 Å². The smallest absolute Gasteiger partial charge is 0.133 e. The van der Waals surface area contributed by atoms with E-state index in [1.54, 1.807) is 19.2 Å². The minimum atomic E-state index is 0.639. The third kappa shape index (κ3) is 2.20. The molecule has 0 atom stereocenters. The average molecular weight is 316 g/mol. The number of nitriles is 1. The van der Waals surface area contributed by atoms with Crippen LogP contribution in [0.15, 0.2) is 48.5 Å². The molecule has 5 heteroatoms. The number of hydrogen-bond acceptors (Lipinski definition) is 4. The second-order valence-corrected chi connectivity index (χ2v) is 5.62. The first-order chi connectivity index (χ1) is 11.8. The van der Waals surface area contributed by atoms with Crippen LogP contribution in [0.5, 0.6) is 5.75 Å². The van der Waals surface area contributed by atoms with E-state index in [1.165, 1.54) is 5.56 Å². The van der Waals surface area contributed by atoms with Crippen molar-refractivity contribution in [1.82, 2.24) is 9.78 Å². The third-order valence-electron chi connectivity index (χ3n) is 4.25. The van der Waals surface area contributed by atoms with Gasteiger partial charge in [0.1, 0.15) is 17.3 Å². The molecule has 118 valence electrons. The summed E-state index contributed by atoms with van der Waals surface area (Å²) in [5.74, 6) is 1.83. The van der Waals surface area contributed by atoms with Crippen molar-refractivity contribution in [3.05, 3.63) is 59.7 Å². The molecule has 1 aliphatic heterocycles. The van der Waals surface area contributed by atoms with Crippen molar-refractivity contribution >= 4 is 5.82 Å². The number of methoxy groups -OCH3 is 1. The first-order valence-electron chi connectivity index (χ1n) is 7.81. The molecule has 2 aromatic carbocycles. The van der Waals surface area contributed by atoms with Gasteiger partial charge in [0.05, 0.1) is 24.4 Å². The van der Waals surface area contributed by atoms with Crippen LogP contribution in [0, 0.1) is 11.3 Å².